The van der Waals surface area contributed by atoms with Crippen LogP contribution in [-0.2, 0) is 19.5 Å². The number of nitrogens with one attached hydrogen (secondary N) is 2. The lowest BCUT2D eigenvalue weighted by Crippen LogP contribution is -2.29. The topological polar surface area (TPSA) is 82.9 Å². The summed E-state index contributed by atoms with van der Waals surface area (Å²) in [5.41, 5.74) is 13.3. The maximum absolute atomic E-state index is 6.00. The van der Waals surface area contributed by atoms with E-state index in [2.05, 4.69) is 62.1 Å². The summed E-state index contributed by atoms with van der Waals surface area (Å²) in [6.07, 6.45) is 4.33. The molecule has 0 amide bonds. The van der Waals surface area contributed by atoms with Crippen LogP contribution in [0.4, 0.5) is 17.2 Å². The number of hydrogen-bond donors (Lipinski definition) is 3. The number of nitrogen functional groups attached to an aromatic ring is 1. The fourth-order valence-corrected chi connectivity index (χ4v) is 4.13. The molecule has 0 unspecified atom stereocenters. The van der Waals surface area contributed by atoms with E-state index in [4.69, 9.17) is 5.73 Å². The summed E-state index contributed by atoms with van der Waals surface area (Å²) < 4.78 is 0. The van der Waals surface area contributed by atoms with Gasteiger partial charge in [0.2, 0.25) is 0 Å². The summed E-state index contributed by atoms with van der Waals surface area (Å²) >= 11 is 0. The van der Waals surface area contributed by atoms with Gasteiger partial charge in [-0.3, -0.25) is 4.90 Å². The van der Waals surface area contributed by atoms with Gasteiger partial charge in [0.15, 0.2) is 0 Å². The van der Waals surface area contributed by atoms with Crippen LogP contribution in [-0.4, -0.2) is 26.4 Å². The summed E-state index contributed by atoms with van der Waals surface area (Å²) in [4.78, 5) is 15.0. The normalized spacial score (nSPS) is 13.9. The van der Waals surface area contributed by atoms with Crippen LogP contribution in [0.3, 0.4) is 0 Å². The zero-order valence-corrected chi connectivity index (χ0v) is 16.7. The Balaban J connectivity index is 1.48. The van der Waals surface area contributed by atoms with Gasteiger partial charge in [-0.2, -0.15) is 0 Å². The van der Waals surface area contributed by atoms with Gasteiger partial charge in [-0.15, -0.1) is 0 Å². The number of aromatic amines is 1. The van der Waals surface area contributed by atoms with Crippen LogP contribution in [0.5, 0.6) is 0 Å². The molecular formula is C24H24N6. The molecule has 0 bridgehead atoms. The highest BCUT2D eigenvalue weighted by Gasteiger charge is 2.23. The molecule has 150 valence electrons. The van der Waals surface area contributed by atoms with Gasteiger partial charge in [-0.25, -0.2) is 9.97 Å². The van der Waals surface area contributed by atoms with Crippen LogP contribution in [0.25, 0.3) is 17.1 Å². The first kappa shape index (κ1) is 18.4. The van der Waals surface area contributed by atoms with Crippen molar-refractivity contribution >= 4 is 34.3 Å². The van der Waals surface area contributed by atoms with Crippen molar-refractivity contribution in [1.82, 2.24) is 19.9 Å². The first-order chi connectivity index (χ1) is 14.7. The first-order valence-electron chi connectivity index (χ1n) is 10.1. The van der Waals surface area contributed by atoms with Crippen LogP contribution in [0.15, 0.2) is 61.4 Å². The van der Waals surface area contributed by atoms with Crippen LogP contribution in [0.2, 0.25) is 0 Å². The second-order valence-electron chi connectivity index (χ2n) is 7.65. The standard InChI is InChI=1S/C24H24N6/c1-2-17-12-18(8-9-20(17)25)28-23-22-19-14-30(13-16-6-4-3-5-7-16)11-10-21(19)29-24(22)27-15-26-23/h2-9,12,15H,1,10-11,13-14,25H2,(H2,26,27,28,29). The van der Waals surface area contributed by atoms with E-state index in [1.165, 1.54) is 16.8 Å². The Bertz CT molecular complexity index is 1210. The molecule has 4 aromatic rings. The molecule has 1 aliphatic rings. The van der Waals surface area contributed by atoms with E-state index in [-0.39, 0.29) is 0 Å². The minimum atomic E-state index is 0.707. The Morgan fingerprint density at radius 2 is 2.03 bits per heavy atom. The van der Waals surface area contributed by atoms with E-state index in [0.29, 0.717) is 5.69 Å². The summed E-state index contributed by atoms with van der Waals surface area (Å²) in [7, 11) is 0. The SMILES string of the molecule is C=Cc1cc(Nc2ncnc3[nH]c4c(c23)CN(Cc2ccccc2)CC4)ccc1N. The van der Waals surface area contributed by atoms with E-state index in [9.17, 15) is 0 Å². The third-order valence-electron chi connectivity index (χ3n) is 5.66. The summed E-state index contributed by atoms with van der Waals surface area (Å²) in [5, 5.41) is 4.51. The van der Waals surface area contributed by atoms with Gasteiger partial charge in [0.1, 0.15) is 17.8 Å². The van der Waals surface area contributed by atoms with E-state index < -0.39 is 0 Å². The van der Waals surface area contributed by atoms with Gasteiger partial charge in [0, 0.05) is 48.7 Å². The Morgan fingerprint density at radius 1 is 1.17 bits per heavy atom. The second kappa shape index (κ2) is 7.65. The predicted octanol–water partition coefficient (Wildman–Crippen LogP) is 4.49. The molecule has 0 spiro atoms. The second-order valence-corrected chi connectivity index (χ2v) is 7.65. The quantitative estimate of drug-likeness (QED) is 0.433. The van der Waals surface area contributed by atoms with Crippen LogP contribution in [0.1, 0.15) is 22.4 Å². The molecule has 0 saturated heterocycles. The Labute approximate surface area is 175 Å². The Morgan fingerprint density at radius 3 is 2.87 bits per heavy atom. The number of aromatic nitrogens is 3. The number of nitrogens with two attached hydrogens (primary N) is 1. The molecule has 0 aliphatic carbocycles. The van der Waals surface area contributed by atoms with Crippen molar-refractivity contribution in [2.45, 2.75) is 19.5 Å². The number of nitrogens with zero attached hydrogens (tertiary/aromatic N) is 3. The highest BCUT2D eigenvalue weighted by atomic mass is 15.1. The van der Waals surface area contributed by atoms with Crippen molar-refractivity contribution in [2.24, 2.45) is 0 Å². The van der Waals surface area contributed by atoms with E-state index in [1.54, 1.807) is 12.4 Å². The van der Waals surface area contributed by atoms with E-state index >= 15 is 0 Å². The summed E-state index contributed by atoms with van der Waals surface area (Å²) in [5.74, 6) is 0.804. The van der Waals surface area contributed by atoms with E-state index in [0.717, 1.165) is 54.2 Å². The number of hydrogen-bond acceptors (Lipinski definition) is 5. The average molecular weight is 396 g/mol. The Kier molecular flexibility index (Phi) is 4.69. The number of benzene rings is 2. The van der Waals surface area contributed by atoms with Crippen molar-refractivity contribution in [2.75, 3.05) is 17.6 Å². The maximum Gasteiger partial charge on any atom is 0.143 e. The third-order valence-corrected chi connectivity index (χ3v) is 5.66. The molecule has 1 aliphatic heterocycles. The van der Waals surface area contributed by atoms with Gasteiger partial charge < -0.3 is 16.0 Å². The fraction of sp³-hybridized carbons (Fsp3) is 0.167. The Hall–Kier alpha value is -3.64. The lowest BCUT2D eigenvalue weighted by molar-refractivity contribution is 0.246. The molecule has 0 atom stereocenters. The fourth-order valence-electron chi connectivity index (χ4n) is 4.13. The van der Waals surface area contributed by atoms with Crippen molar-refractivity contribution in [3.05, 3.63) is 83.8 Å². The molecule has 0 radical (unpaired) electrons. The predicted molar refractivity (Wildman–Crippen MR) is 122 cm³/mol. The van der Waals surface area contributed by atoms with E-state index in [1.807, 2.05) is 18.2 Å². The third kappa shape index (κ3) is 3.42. The number of anilines is 3. The minimum absolute atomic E-state index is 0.707. The molecule has 5 rings (SSSR count). The highest BCUT2D eigenvalue weighted by Crippen LogP contribution is 2.33. The zero-order chi connectivity index (χ0) is 20.5. The molecule has 0 saturated carbocycles. The smallest absolute Gasteiger partial charge is 0.143 e. The zero-order valence-electron chi connectivity index (χ0n) is 16.7. The number of fused-ring (bicyclic) bond motifs is 3. The maximum atomic E-state index is 6.00. The molecule has 3 heterocycles. The van der Waals surface area contributed by atoms with Gasteiger partial charge in [0.25, 0.3) is 0 Å². The van der Waals surface area contributed by atoms with Crippen LogP contribution >= 0.6 is 0 Å². The highest BCUT2D eigenvalue weighted by molar-refractivity contribution is 5.93. The lowest BCUT2D eigenvalue weighted by atomic mass is 10.0. The molecule has 2 aromatic carbocycles. The molecular weight excluding hydrogens is 372 g/mol. The summed E-state index contributed by atoms with van der Waals surface area (Å²) in [6, 6.07) is 16.4. The first-order valence-corrected chi connectivity index (χ1v) is 10.1. The molecule has 6 nitrogen and oxygen atoms in total. The molecule has 2 aromatic heterocycles. The largest absolute Gasteiger partial charge is 0.398 e. The number of rotatable bonds is 5. The van der Waals surface area contributed by atoms with Gasteiger partial charge in [-0.05, 0) is 29.3 Å². The molecule has 4 N–H and O–H groups in total. The number of H-pyrrole nitrogens is 1. The van der Waals surface area contributed by atoms with Crippen molar-refractivity contribution in [3.8, 4) is 0 Å². The van der Waals surface area contributed by atoms with Crippen molar-refractivity contribution < 1.29 is 0 Å². The van der Waals surface area contributed by atoms with Crippen molar-refractivity contribution in [3.63, 3.8) is 0 Å². The van der Waals surface area contributed by atoms with Crippen molar-refractivity contribution in [1.29, 1.82) is 0 Å². The van der Waals surface area contributed by atoms with Crippen LogP contribution < -0.4 is 11.1 Å². The lowest BCUT2D eigenvalue weighted by Gasteiger charge is -2.27. The molecule has 0 fully saturated rings. The van der Waals surface area contributed by atoms with Crippen LogP contribution in [0, 0.1) is 0 Å². The van der Waals surface area contributed by atoms with Gasteiger partial charge in [-0.1, -0.05) is 43.0 Å². The minimum Gasteiger partial charge on any atom is -0.398 e. The monoisotopic (exact) mass is 396 g/mol. The molecule has 6 heteroatoms. The molecule has 30 heavy (non-hydrogen) atoms. The summed E-state index contributed by atoms with van der Waals surface area (Å²) in [6.45, 7) is 6.66. The van der Waals surface area contributed by atoms with Gasteiger partial charge in [0.05, 0.1) is 5.39 Å². The average Bonchev–Trinajstić information content (AvgIpc) is 3.15. The van der Waals surface area contributed by atoms with Gasteiger partial charge >= 0.3 is 0 Å².